The van der Waals surface area contributed by atoms with Crippen molar-refractivity contribution in [3.63, 3.8) is 0 Å². The average Bonchev–Trinajstić information content (AvgIpc) is 2.54. The van der Waals surface area contributed by atoms with Crippen LogP contribution in [0.3, 0.4) is 0 Å². The lowest BCUT2D eigenvalue weighted by Crippen LogP contribution is -2.48. The SMILES string of the molecule is CN=C(NCC1CN(C)CCO1)N(C)CCC1CCOCC1. The van der Waals surface area contributed by atoms with Crippen molar-refractivity contribution in [2.75, 3.05) is 67.1 Å². The second-order valence-electron chi connectivity index (χ2n) is 6.45. The highest BCUT2D eigenvalue weighted by Gasteiger charge is 2.19. The van der Waals surface area contributed by atoms with Crippen LogP contribution in [0, 0.1) is 5.92 Å². The van der Waals surface area contributed by atoms with Crippen LogP contribution in [-0.2, 0) is 9.47 Å². The van der Waals surface area contributed by atoms with Gasteiger partial charge in [0.1, 0.15) is 0 Å². The van der Waals surface area contributed by atoms with Gasteiger partial charge in [-0.25, -0.2) is 0 Å². The smallest absolute Gasteiger partial charge is 0.193 e. The average molecular weight is 312 g/mol. The van der Waals surface area contributed by atoms with Crippen molar-refractivity contribution in [2.24, 2.45) is 10.9 Å². The summed E-state index contributed by atoms with van der Waals surface area (Å²) < 4.78 is 11.2. The van der Waals surface area contributed by atoms with Crippen molar-refractivity contribution in [2.45, 2.75) is 25.4 Å². The topological polar surface area (TPSA) is 49.3 Å². The number of ether oxygens (including phenoxy) is 2. The van der Waals surface area contributed by atoms with Crippen LogP contribution in [0.4, 0.5) is 0 Å². The van der Waals surface area contributed by atoms with E-state index in [1.165, 1.54) is 19.3 Å². The Morgan fingerprint density at radius 1 is 1.32 bits per heavy atom. The van der Waals surface area contributed by atoms with E-state index in [0.29, 0.717) is 0 Å². The van der Waals surface area contributed by atoms with Gasteiger partial charge in [-0.1, -0.05) is 0 Å². The summed E-state index contributed by atoms with van der Waals surface area (Å²) in [6.07, 6.45) is 3.85. The highest BCUT2D eigenvalue weighted by Crippen LogP contribution is 2.18. The van der Waals surface area contributed by atoms with Gasteiger partial charge in [0.05, 0.1) is 12.7 Å². The van der Waals surface area contributed by atoms with Gasteiger partial charge in [-0.3, -0.25) is 4.99 Å². The highest BCUT2D eigenvalue weighted by molar-refractivity contribution is 5.79. The van der Waals surface area contributed by atoms with Crippen molar-refractivity contribution in [1.29, 1.82) is 0 Å². The molecule has 128 valence electrons. The van der Waals surface area contributed by atoms with Crippen LogP contribution in [0.2, 0.25) is 0 Å². The summed E-state index contributed by atoms with van der Waals surface area (Å²) in [6, 6.07) is 0. The molecule has 2 aliphatic rings. The van der Waals surface area contributed by atoms with Crippen LogP contribution in [-0.4, -0.2) is 89.0 Å². The molecule has 0 spiro atoms. The Labute approximate surface area is 134 Å². The number of rotatable bonds is 5. The Bertz CT molecular complexity index is 345. The van der Waals surface area contributed by atoms with E-state index in [0.717, 1.165) is 57.9 Å². The van der Waals surface area contributed by atoms with Gasteiger partial charge < -0.3 is 24.6 Å². The molecule has 2 rings (SSSR count). The summed E-state index contributed by atoms with van der Waals surface area (Å²) in [6.45, 7) is 6.53. The molecule has 0 bridgehead atoms. The third kappa shape index (κ3) is 5.74. The zero-order valence-electron chi connectivity index (χ0n) is 14.4. The highest BCUT2D eigenvalue weighted by atomic mass is 16.5. The molecule has 2 fully saturated rings. The molecule has 6 heteroatoms. The lowest BCUT2D eigenvalue weighted by atomic mass is 9.96. The largest absolute Gasteiger partial charge is 0.381 e. The molecule has 0 aliphatic carbocycles. The fraction of sp³-hybridized carbons (Fsp3) is 0.938. The van der Waals surface area contributed by atoms with Gasteiger partial charge in [0, 0.05) is 53.5 Å². The Morgan fingerprint density at radius 3 is 2.77 bits per heavy atom. The van der Waals surface area contributed by atoms with E-state index in [-0.39, 0.29) is 6.10 Å². The van der Waals surface area contributed by atoms with Crippen LogP contribution in [0.1, 0.15) is 19.3 Å². The molecular formula is C16H32N4O2. The summed E-state index contributed by atoms with van der Waals surface area (Å²) in [7, 11) is 6.11. The fourth-order valence-corrected chi connectivity index (χ4v) is 3.10. The lowest BCUT2D eigenvalue weighted by Gasteiger charge is -2.32. The second kappa shape index (κ2) is 9.33. The molecule has 1 atom stereocenters. The minimum atomic E-state index is 0.249. The van der Waals surface area contributed by atoms with Crippen LogP contribution in [0.15, 0.2) is 4.99 Å². The maximum absolute atomic E-state index is 5.79. The third-order valence-corrected chi connectivity index (χ3v) is 4.62. The van der Waals surface area contributed by atoms with E-state index in [4.69, 9.17) is 9.47 Å². The molecule has 2 saturated heterocycles. The van der Waals surface area contributed by atoms with Crippen LogP contribution in [0.25, 0.3) is 0 Å². The predicted octanol–water partition coefficient (Wildman–Crippen LogP) is 0.641. The Hall–Kier alpha value is -0.850. The molecule has 2 aliphatic heterocycles. The predicted molar refractivity (Wildman–Crippen MR) is 89.4 cm³/mol. The summed E-state index contributed by atoms with van der Waals surface area (Å²) in [5.41, 5.74) is 0. The first kappa shape index (κ1) is 17.5. The van der Waals surface area contributed by atoms with Gasteiger partial charge >= 0.3 is 0 Å². The number of hydrogen-bond donors (Lipinski definition) is 1. The van der Waals surface area contributed by atoms with E-state index in [1.807, 2.05) is 7.05 Å². The first-order valence-electron chi connectivity index (χ1n) is 8.48. The minimum Gasteiger partial charge on any atom is -0.381 e. The van der Waals surface area contributed by atoms with Gasteiger partial charge in [0.15, 0.2) is 5.96 Å². The lowest BCUT2D eigenvalue weighted by molar-refractivity contribution is -0.0163. The van der Waals surface area contributed by atoms with Gasteiger partial charge in [0.2, 0.25) is 0 Å². The first-order chi connectivity index (χ1) is 10.7. The molecule has 2 heterocycles. The Kier molecular flexibility index (Phi) is 7.42. The Balaban J connectivity index is 1.68. The molecule has 0 radical (unpaired) electrons. The number of hydrogen-bond acceptors (Lipinski definition) is 4. The van der Waals surface area contributed by atoms with Crippen LogP contribution >= 0.6 is 0 Å². The quantitative estimate of drug-likeness (QED) is 0.596. The molecule has 0 aromatic heterocycles. The van der Waals surface area contributed by atoms with Crippen LogP contribution in [0.5, 0.6) is 0 Å². The van der Waals surface area contributed by atoms with E-state index >= 15 is 0 Å². The van der Waals surface area contributed by atoms with E-state index in [2.05, 4.69) is 34.2 Å². The molecule has 22 heavy (non-hydrogen) atoms. The summed E-state index contributed by atoms with van der Waals surface area (Å²) in [5.74, 6) is 1.76. The Morgan fingerprint density at radius 2 is 2.09 bits per heavy atom. The fourth-order valence-electron chi connectivity index (χ4n) is 3.10. The third-order valence-electron chi connectivity index (χ3n) is 4.62. The molecule has 0 aromatic carbocycles. The zero-order valence-corrected chi connectivity index (χ0v) is 14.4. The maximum Gasteiger partial charge on any atom is 0.193 e. The maximum atomic E-state index is 5.79. The number of likely N-dealkylation sites (N-methyl/N-ethyl adjacent to an activating group) is 1. The number of morpholine rings is 1. The van der Waals surface area contributed by atoms with Gasteiger partial charge in [0.25, 0.3) is 0 Å². The van der Waals surface area contributed by atoms with E-state index in [9.17, 15) is 0 Å². The summed E-state index contributed by atoms with van der Waals surface area (Å²) in [5, 5.41) is 3.45. The molecule has 1 unspecified atom stereocenters. The van der Waals surface area contributed by atoms with Crippen LogP contribution < -0.4 is 5.32 Å². The van der Waals surface area contributed by atoms with Crippen molar-refractivity contribution in [3.05, 3.63) is 0 Å². The number of nitrogens with zero attached hydrogens (tertiary/aromatic N) is 3. The standard InChI is InChI=1S/C16H32N4O2/c1-17-16(18-12-15-13-19(2)8-11-22-15)20(3)7-4-14-5-9-21-10-6-14/h14-15H,4-13H2,1-3H3,(H,17,18). The number of aliphatic imine (C=N–C) groups is 1. The molecule has 0 saturated carbocycles. The van der Waals surface area contributed by atoms with Crippen molar-refractivity contribution in [3.8, 4) is 0 Å². The monoisotopic (exact) mass is 312 g/mol. The van der Waals surface area contributed by atoms with Gasteiger partial charge in [-0.15, -0.1) is 0 Å². The molecule has 0 aromatic rings. The van der Waals surface area contributed by atoms with E-state index in [1.54, 1.807) is 0 Å². The zero-order chi connectivity index (χ0) is 15.8. The van der Waals surface area contributed by atoms with Crippen molar-refractivity contribution in [1.82, 2.24) is 15.1 Å². The minimum absolute atomic E-state index is 0.249. The first-order valence-corrected chi connectivity index (χ1v) is 8.48. The van der Waals surface area contributed by atoms with Gasteiger partial charge in [-0.05, 0) is 32.2 Å². The molecule has 1 N–H and O–H groups in total. The number of guanidine groups is 1. The van der Waals surface area contributed by atoms with E-state index < -0.39 is 0 Å². The van der Waals surface area contributed by atoms with Crippen molar-refractivity contribution >= 4 is 5.96 Å². The number of nitrogens with one attached hydrogen (secondary N) is 1. The summed E-state index contributed by atoms with van der Waals surface area (Å²) in [4.78, 5) is 8.93. The molecular weight excluding hydrogens is 280 g/mol. The molecule has 0 amide bonds. The van der Waals surface area contributed by atoms with Crippen molar-refractivity contribution < 1.29 is 9.47 Å². The summed E-state index contributed by atoms with van der Waals surface area (Å²) >= 11 is 0. The normalized spacial score (nSPS) is 25.2. The van der Waals surface area contributed by atoms with Gasteiger partial charge in [-0.2, -0.15) is 0 Å². The molecule has 6 nitrogen and oxygen atoms in total. The second-order valence-corrected chi connectivity index (χ2v) is 6.45.